The van der Waals surface area contributed by atoms with Gasteiger partial charge in [-0.15, -0.1) is 0 Å². The van der Waals surface area contributed by atoms with Gasteiger partial charge in [-0.1, -0.05) is 12.1 Å². The molecule has 1 aliphatic heterocycles. The third kappa shape index (κ3) is 3.46. The van der Waals surface area contributed by atoms with Crippen LogP contribution in [0.4, 0.5) is 15.8 Å². The number of halogens is 1. The number of nitrogens with zero attached hydrogens (tertiary/aromatic N) is 1. The number of hydrogen-bond donors (Lipinski definition) is 1. The van der Waals surface area contributed by atoms with Crippen LogP contribution >= 0.6 is 0 Å². The van der Waals surface area contributed by atoms with Crippen molar-refractivity contribution in [1.82, 2.24) is 0 Å². The fourth-order valence-electron chi connectivity index (χ4n) is 3.13. The summed E-state index contributed by atoms with van der Waals surface area (Å²) in [5.74, 6) is -0.0906. The van der Waals surface area contributed by atoms with Crippen LogP contribution in [0.2, 0.25) is 0 Å². The van der Waals surface area contributed by atoms with Crippen LogP contribution < -0.4 is 10.2 Å². The Hall–Kier alpha value is -3.41. The molecule has 1 N–H and O–H groups in total. The Morgan fingerprint density at radius 1 is 1.04 bits per heavy atom. The topological polar surface area (TPSA) is 62.6 Å². The van der Waals surface area contributed by atoms with Crippen molar-refractivity contribution in [2.75, 3.05) is 16.8 Å². The highest BCUT2D eigenvalue weighted by Gasteiger charge is 2.24. The lowest BCUT2D eigenvalue weighted by molar-refractivity contribution is -0.117. The minimum Gasteiger partial charge on any atom is -0.451 e. The lowest BCUT2D eigenvalue weighted by Crippen LogP contribution is -2.25. The smallest absolute Gasteiger partial charge is 0.291 e. The van der Waals surface area contributed by atoms with E-state index in [0.29, 0.717) is 35.7 Å². The minimum atomic E-state index is -0.414. The molecule has 0 saturated carbocycles. The first-order valence-corrected chi connectivity index (χ1v) is 8.68. The van der Waals surface area contributed by atoms with Gasteiger partial charge in [0.2, 0.25) is 5.91 Å². The van der Waals surface area contributed by atoms with Gasteiger partial charge in [-0.3, -0.25) is 9.59 Å². The van der Waals surface area contributed by atoms with Gasteiger partial charge in [0.15, 0.2) is 5.76 Å². The maximum Gasteiger partial charge on any atom is 0.291 e. The number of carbonyl (C=O) groups excluding carboxylic acids is 2. The number of furan rings is 1. The van der Waals surface area contributed by atoms with Crippen molar-refractivity contribution in [3.8, 4) is 11.3 Å². The quantitative estimate of drug-likeness (QED) is 0.743. The summed E-state index contributed by atoms with van der Waals surface area (Å²) in [5, 5.41) is 2.81. The molecule has 136 valence electrons. The number of hydrogen-bond acceptors (Lipinski definition) is 3. The molecule has 4 rings (SSSR count). The van der Waals surface area contributed by atoms with Crippen LogP contribution in [0, 0.1) is 5.82 Å². The van der Waals surface area contributed by atoms with E-state index in [-0.39, 0.29) is 17.5 Å². The molecule has 0 radical (unpaired) electrons. The highest BCUT2D eigenvalue weighted by molar-refractivity contribution is 6.07. The van der Waals surface area contributed by atoms with Gasteiger partial charge >= 0.3 is 0 Å². The van der Waals surface area contributed by atoms with Crippen molar-refractivity contribution in [3.05, 3.63) is 72.2 Å². The zero-order chi connectivity index (χ0) is 18.8. The monoisotopic (exact) mass is 364 g/mol. The Morgan fingerprint density at radius 3 is 2.56 bits per heavy atom. The molecule has 1 aromatic heterocycles. The van der Waals surface area contributed by atoms with Crippen LogP contribution in [0.15, 0.2) is 65.1 Å². The first-order chi connectivity index (χ1) is 13.1. The van der Waals surface area contributed by atoms with E-state index in [1.807, 2.05) is 12.1 Å². The molecule has 27 heavy (non-hydrogen) atoms. The zero-order valence-corrected chi connectivity index (χ0v) is 14.4. The van der Waals surface area contributed by atoms with E-state index in [1.165, 1.54) is 12.1 Å². The van der Waals surface area contributed by atoms with Crippen molar-refractivity contribution in [2.45, 2.75) is 12.8 Å². The fraction of sp³-hybridized carbons (Fsp3) is 0.143. The van der Waals surface area contributed by atoms with Gasteiger partial charge in [-0.2, -0.15) is 0 Å². The third-order valence-corrected chi connectivity index (χ3v) is 4.47. The molecule has 2 amide bonds. The average molecular weight is 364 g/mol. The molecule has 2 aromatic carbocycles. The second-order valence-corrected chi connectivity index (χ2v) is 6.29. The van der Waals surface area contributed by atoms with E-state index < -0.39 is 5.91 Å². The van der Waals surface area contributed by atoms with Crippen molar-refractivity contribution in [2.24, 2.45) is 0 Å². The van der Waals surface area contributed by atoms with Crippen molar-refractivity contribution in [1.29, 1.82) is 0 Å². The molecule has 1 aliphatic rings. The van der Waals surface area contributed by atoms with E-state index in [9.17, 15) is 14.0 Å². The number of amides is 2. The molecular weight excluding hydrogens is 347 g/mol. The number of benzene rings is 2. The summed E-state index contributed by atoms with van der Waals surface area (Å²) in [5.41, 5.74) is 1.91. The summed E-state index contributed by atoms with van der Waals surface area (Å²) in [6, 6.07) is 16.3. The van der Waals surface area contributed by atoms with Crippen LogP contribution in [0.5, 0.6) is 0 Å². The molecule has 0 spiro atoms. The largest absolute Gasteiger partial charge is 0.451 e. The Bertz CT molecular complexity index is 995. The predicted molar refractivity (Wildman–Crippen MR) is 100 cm³/mol. The van der Waals surface area contributed by atoms with Crippen LogP contribution in [0.25, 0.3) is 11.3 Å². The average Bonchev–Trinajstić information content (AvgIpc) is 3.32. The highest BCUT2D eigenvalue weighted by atomic mass is 19.1. The second-order valence-electron chi connectivity index (χ2n) is 6.29. The summed E-state index contributed by atoms with van der Waals surface area (Å²) in [6.07, 6.45) is 1.32. The molecule has 5 nitrogen and oxygen atoms in total. The standard InChI is InChI=1S/C21H17FN2O3/c22-15-9-7-14(8-10-15)18-11-12-19(27-18)21(26)23-16-4-1-2-5-17(16)24-13-3-6-20(24)25/h1-2,4-5,7-12H,3,6,13H2,(H,23,26). The SMILES string of the molecule is O=C(Nc1ccccc1N1CCCC1=O)c1ccc(-c2ccc(F)cc2)o1. The van der Waals surface area contributed by atoms with Gasteiger partial charge in [0, 0.05) is 18.5 Å². The summed E-state index contributed by atoms with van der Waals surface area (Å²) in [6.45, 7) is 0.640. The van der Waals surface area contributed by atoms with Crippen LogP contribution in [0.1, 0.15) is 23.4 Å². The van der Waals surface area contributed by atoms with Gasteiger partial charge in [0.05, 0.1) is 11.4 Å². The van der Waals surface area contributed by atoms with E-state index in [1.54, 1.807) is 41.3 Å². The lowest BCUT2D eigenvalue weighted by Gasteiger charge is -2.19. The Labute approximate surface area is 155 Å². The lowest BCUT2D eigenvalue weighted by atomic mass is 10.2. The Kier molecular flexibility index (Phi) is 4.46. The molecular formula is C21H17FN2O3. The van der Waals surface area contributed by atoms with Gasteiger partial charge < -0.3 is 14.6 Å². The third-order valence-electron chi connectivity index (χ3n) is 4.47. The van der Waals surface area contributed by atoms with Gasteiger partial charge in [-0.25, -0.2) is 4.39 Å². The number of rotatable bonds is 4. The Morgan fingerprint density at radius 2 is 1.81 bits per heavy atom. The van der Waals surface area contributed by atoms with Gasteiger partial charge in [0.1, 0.15) is 11.6 Å². The molecule has 1 fully saturated rings. The molecule has 0 bridgehead atoms. The highest BCUT2D eigenvalue weighted by Crippen LogP contribution is 2.30. The molecule has 1 saturated heterocycles. The predicted octanol–water partition coefficient (Wildman–Crippen LogP) is 4.46. The van der Waals surface area contributed by atoms with Crippen LogP contribution in [-0.2, 0) is 4.79 Å². The Balaban J connectivity index is 1.55. The normalized spacial score (nSPS) is 13.8. The molecule has 0 unspecified atom stereocenters. The maximum atomic E-state index is 13.0. The molecule has 6 heteroatoms. The molecule has 3 aromatic rings. The van der Waals surface area contributed by atoms with Crippen molar-refractivity contribution >= 4 is 23.2 Å². The number of anilines is 2. The van der Waals surface area contributed by atoms with E-state index >= 15 is 0 Å². The van der Waals surface area contributed by atoms with E-state index in [4.69, 9.17) is 4.42 Å². The summed E-state index contributed by atoms with van der Waals surface area (Å²) in [7, 11) is 0. The fourth-order valence-corrected chi connectivity index (χ4v) is 3.13. The number of nitrogens with one attached hydrogen (secondary N) is 1. The van der Waals surface area contributed by atoms with Crippen LogP contribution in [-0.4, -0.2) is 18.4 Å². The van der Waals surface area contributed by atoms with Gasteiger partial charge in [-0.05, 0) is 55.0 Å². The first kappa shape index (κ1) is 17.0. The maximum absolute atomic E-state index is 13.0. The van der Waals surface area contributed by atoms with Crippen LogP contribution in [0.3, 0.4) is 0 Å². The number of para-hydroxylation sites is 2. The molecule has 0 atom stereocenters. The van der Waals surface area contributed by atoms with Gasteiger partial charge in [0.25, 0.3) is 5.91 Å². The van der Waals surface area contributed by atoms with Crippen molar-refractivity contribution in [3.63, 3.8) is 0 Å². The zero-order valence-electron chi connectivity index (χ0n) is 14.4. The molecule has 0 aliphatic carbocycles. The summed E-state index contributed by atoms with van der Waals surface area (Å²) in [4.78, 5) is 26.3. The summed E-state index contributed by atoms with van der Waals surface area (Å²) >= 11 is 0. The second kappa shape index (κ2) is 7.07. The van der Waals surface area contributed by atoms with Crippen molar-refractivity contribution < 1.29 is 18.4 Å². The van der Waals surface area contributed by atoms with E-state index in [2.05, 4.69) is 5.32 Å². The summed E-state index contributed by atoms with van der Waals surface area (Å²) < 4.78 is 18.7. The number of carbonyl (C=O) groups is 2. The minimum absolute atomic E-state index is 0.0493. The van der Waals surface area contributed by atoms with E-state index in [0.717, 1.165) is 6.42 Å². The molecule has 2 heterocycles. The first-order valence-electron chi connectivity index (χ1n) is 8.68.